The van der Waals surface area contributed by atoms with Crippen molar-refractivity contribution in [1.29, 1.82) is 0 Å². The van der Waals surface area contributed by atoms with Gasteiger partial charge in [-0.1, -0.05) is 187 Å². The predicted molar refractivity (Wildman–Crippen MR) is 222 cm³/mol. The van der Waals surface area contributed by atoms with E-state index in [1.165, 1.54) is 135 Å². The van der Waals surface area contributed by atoms with E-state index in [0.29, 0.717) is 6.42 Å². The van der Waals surface area contributed by atoms with E-state index in [9.17, 15) is 33.6 Å². The Kier molecular flexibility index (Phi) is 32.7. The quantitative estimate of drug-likeness (QED) is 0.0199. The number of allylic oxidation sites excluding steroid dienone is 1. The number of carbonyl (C=O) groups excluding carboxylic acids is 1. The number of hydrogen-bond acceptors (Lipinski definition) is 10. The van der Waals surface area contributed by atoms with Crippen molar-refractivity contribution in [1.82, 2.24) is 5.32 Å². The van der Waals surface area contributed by atoms with Gasteiger partial charge in [-0.2, -0.15) is 8.42 Å². The van der Waals surface area contributed by atoms with E-state index in [4.69, 9.17) is 14.0 Å². The largest absolute Gasteiger partial charge is 0.397 e. The molecule has 1 aliphatic heterocycles. The van der Waals surface area contributed by atoms with Gasteiger partial charge in [-0.25, -0.2) is 4.18 Å². The van der Waals surface area contributed by atoms with Crippen molar-refractivity contribution in [2.75, 3.05) is 13.2 Å². The van der Waals surface area contributed by atoms with Crippen molar-refractivity contribution in [3.63, 3.8) is 0 Å². The Bertz CT molecular complexity index is 1060. The van der Waals surface area contributed by atoms with Crippen LogP contribution in [0.25, 0.3) is 0 Å². The van der Waals surface area contributed by atoms with Crippen LogP contribution in [0.4, 0.5) is 0 Å². The van der Waals surface area contributed by atoms with Gasteiger partial charge < -0.3 is 35.2 Å². The third kappa shape index (κ3) is 27.5. The van der Waals surface area contributed by atoms with Gasteiger partial charge in [0.15, 0.2) is 6.29 Å². The summed E-state index contributed by atoms with van der Waals surface area (Å²) in [6.45, 7) is 3.38. The van der Waals surface area contributed by atoms with Crippen LogP contribution in [0.5, 0.6) is 0 Å². The molecule has 1 aliphatic rings. The molecular formula is C43H83NO11S. The number of hydrogen-bond donors (Lipinski definition) is 6. The van der Waals surface area contributed by atoms with Crippen LogP contribution in [-0.2, 0) is 28.9 Å². The SMILES string of the molecule is CCCCCCCCCCCCCC/C=C/C(O)C(COC1OC(CO)C(O)C(OS(=O)(=O)O)C1O)NC(=O)CCCCCCCCCCCCCCCCC. The lowest BCUT2D eigenvalue weighted by molar-refractivity contribution is -0.298. The highest BCUT2D eigenvalue weighted by atomic mass is 32.3. The van der Waals surface area contributed by atoms with E-state index in [0.717, 1.165) is 38.5 Å². The maximum absolute atomic E-state index is 13.0. The Labute approximate surface area is 340 Å². The molecule has 13 heteroatoms. The third-order valence-electron chi connectivity index (χ3n) is 10.8. The van der Waals surface area contributed by atoms with Gasteiger partial charge in [-0.15, -0.1) is 0 Å². The van der Waals surface area contributed by atoms with E-state index in [1.54, 1.807) is 6.08 Å². The minimum atomic E-state index is -5.08. The summed E-state index contributed by atoms with van der Waals surface area (Å²) in [5.41, 5.74) is 0. The lowest BCUT2D eigenvalue weighted by atomic mass is 9.99. The molecule has 0 aromatic carbocycles. The number of aliphatic hydroxyl groups excluding tert-OH is 4. The number of ether oxygens (including phenoxy) is 2. The van der Waals surface area contributed by atoms with Gasteiger partial charge in [-0.3, -0.25) is 9.35 Å². The zero-order valence-electron chi connectivity index (χ0n) is 35.2. The summed E-state index contributed by atoms with van der Waals surface area (Å²) in [5, 5.41) is 44.6. The minimum absolute atomic E-state index is 0.261. The first kappa shape index (κ1) is 52.9. The molecule has 56 heavy (non-hydrogen) atoms. The zero-order valence-corrected chi connectivity index (χ0v) is 36.0. The fourth-order valence-electron chi connectivity index (χ4n) is 7.28. The Balaban J connectivity index is 2.54. The highest BCUT2D eigenvalue weighted by Crippen LogP contribution is 2.26. The molecule has 6 N–H and O–H groups in total. The summed E-state index contributed by atoms with van der Waals surface area (Å²) in [7, 11) is -5.08. The van der Waals surface area contributed by atoms with E-state index >= 15 is 0 Å². The van der Waals surface area contributed by atoms with Crippen LogP contribution in [0.1, 0.15) is 200 Å². The summed E-state index contributed by atoms with van der Waals surface area (Å²) in [4.78, 5) is 13.0. The summed E-state index contributed by atoms with van der Waals surface area (Å²) in [5.74, 6) is -0.261. The van der Waals surface area contributed by atoms with Gasteiger partial charge in [0, 0.05) is 6.42 Å². The number of rotatable bonds is 38. The fraction of sp³-hybridized carbons (Fsp3) is 0.930. The molecule has 12 nitrogen and oxygen atoms in total. The molecule has 1 fully saturated rings. The molecule has 1 rings (SSSR count). The van der Waals surface area contributed by atoms with Crippen LogP contribution in [0.15, 0.2) is 12.2 Å². The molecule has 0 radical (unpaired) electrons. The molecule has 1 saturated heterocycles. The average Bonchev–Trinajstić information content (AvgIpc) is 3.16. The monoisotopic (exact) mass is 822 g/mol. The van der Waals surface area contributed by atoms with Gasteiger partial charge in [0.2, 0.25) is 5.91 Å². The van der Waals surface area contributed by atoms with Crippen LogP contribution in [0.2, 0.25) is 0 Å². The van der Waals surface area contributed by atoms with Gasteiger partial charge >= 0.3 is 10.4 Å². The lowest BCUT2D eigenvalue weighted by Gasteiger charge is -2.41. The predicted octanol–water partition coefficient (Wildman–Crippen LogP) is 8.38. The van der Waals surface area contributed by atoms with Crippen molar-refractivity contribution in [3.8, 4) is 0 Å². The molecule has 1 heterocycles. The van der Waals surface area contributed by atoms with Crippen LogP contribution >= 0.6 is 0 Å². The zero-order chi connectivity index (χ0) is 41.3. The van der Waals surface area contributed by atoms with Crippen molar-refractivity contribution >= 4 is 16.3 Å². The molecule has 0 saturated carbocycles. The molecule has 1 amide bonds. The standard InChI is InChI=1S/C43H83NO11S/c1-3-5-7-9-11-13-15-17-19-21-23-25-27-29-31-33-39(47)44-36(35-53-43-41(49)42(55-56(50,51)52)40(48)38(34-45)54-43)37(46)32-30-28-26-24-22-20-18-16-14-12-10-8-6-4-2/h30,32,36-38,40-43,45-46,48-49H,3-29,31,33-35H2,1-2H3,(H,44,47)(H,50,51,52)/b32-30+. The van der Waals surface area contributed by atoms with Crippen molar-refractivity contribution in [2.24, 2.45) is 0 Å². The van der Waals surface area contributed by atoms with Gasteiger partial charge in [0.05, 0.1) is 25.4 Å². The normalized spacial score (nSPS) is 21.4. The van der Waals surface area contributed by atoms with Crippen LogP contribution in [0, 0.1) is 0 Å². The molecule has 7 atom stereocenters. The highest BCUT2D eigenvalue weighted by molar-refractivity contribution is 7.80. The number of unbranched alkanes of at least 4 members (excludes halogenated alkanes) is 26. The van der Waals surface area contributed by atoms with Crippen molar-refractivity contribution in [3.05, 3.63) is 12.2 Å². The summed E-state index contributed by atoms with van der Waals surface area (Å²) in [6, 6.07) is -0.937. The van der Waals surface area contributed by atoms with E-state index in [2.05, 4.69) is 23.3 Å². The molecule has 0 spiro atoms. The number of nitrogens with one attached hydrogen (secondary N) is 1. The first-order valence-electron chi connectivity index (χ1n) is 22.6. The van der Waals surface area contributed by atoms with Gasteiger partial charge in [0.25, 0.3) is 0 Å². The summed E-state index contributed by atoms with van der Waals surface area (Å²) < 4.78 is 47.5. The lowest BCUT2D eigenvalue weighted by Crippen LogP contribution is -2.61. The Morgan fingerprint density at radius 1 is 0.696 bits per heavy atom. The maximum atomic E-state index is 13.0. The van der Waals surface area contributed by atoms with Crippen LogP contribution in [0.3, 0.4) is 0 Å². The second-order valence-electron chi connectivity index (χ2n) is 16.0. The van der Waals surface area contributed by atoms with E-state index in [1.807, 2.05) is 6.08 Å². The van der Waals surface area contributed by atoms with Crippen molar-refractivity contribution in [2.45, 2.75) is 243 Å². The van der Waals surface area contributed by atoms with E-state index in [-0.39, 0.29) is 18.9 Å². The average molecular weight is 822 g/mol. The Morgan fingerprint density at radius 3 is 1.55 bits per heavy atom. The smallest absolute Gasteiger partial charge is 0.394 e. The topological polar surface area (TPSA) is 192 Å². The second-order valence-corrected chi connectivity index (χ2v) is 17.0. The Morgan fingerprint density at radius 2 is 1.12 bits per heavy atom. The molecule has 0 bridgehead atoms. The first-order valence-corrected chi connectivity index (χ1v) is 23.9. The van der Waals surface area contributed by atoms with Gasteiger partial charge in [-0.05, 0) is 19.3 Å². The molecule has 0 aromatic heterocycles. The maximum Gasteiger partial charge on any atom is 0.397 e. The third-order valence-corrected chi connectivity index (χ3v) is 11.3. The van der Waals surface area contributed by atoms with Gasteiger partial charge in [0.1, 0.15) is 24.4 Å². The Hall–Kier alpha value is -1.16. The molecule has 0 aromatic rings. The molecule has 7 unspecified atom stereocenters. The highest BCUT2D eigenvalue weighted by Gasteiger charge is 2.48. The van der Waals surface area contributed by atoms with Crippen LogP contribution in [-0.4, -0.2) is 95.4 Å². The molecule has 332 valence electrons. The first-order chi connectivity index (χ1) is 27.0. The van der Waals surface area contributed by atoms with Crippen LogP contribution < -0.4 is 5.32 Å². The fourth-order valence-corrected chi connectivity index (χ4v) is 7.79. The summed E-state index contributed by atoms with van der Waals surface area (Å²) in [6.07, 6.45) is 28.2. The minimum Gasteiger partial charge on any atom is -0.394 e. The number of aliphatic hydroxyl groups is 4. The summed E-state index contributed by atoms with van der Waals surface area (Å²) >= 11 is 0. The number of amides is 1. The molecule has 0 aliphatic carbocycles. The van der Waals surface area contributed by atoms with Crippen molar-refractivity contribution < 1.29 is 51.8 Å². The second kappa shape index (κ2) is 34.7. The number of carbonyl (C=O) groups is 1. The van der Waals surface area contributed by atoms with E-state index < -0.39 is 59.9 Å². The molecular weight excluding hydrogens is 739 g/mol.